The van der Waals surface area contributed by atoms with Crippen LogP contribution in [-0.2, 0) is 9.53 Å². The van der Waals surface area contributed by atoms with Gasteiger partial charge in [-0.2, -0.15) is 0 Å². The molecule has 2 heterocycles. The van der Waals surface area contributed by atoms with Crippen molar-refractivity contribution in [2.45, 2.75) is 37.1 Å². The molecule has 162 valence electrons. The van der Waals surface area contributed by atoms with Crippen LogP contribution < -0.4 is 14.8 Å². The largest absolute Gasteiger partial charge is 0.454 e. The maximum absolute atomic E-state index is 13.8. The Morgan fingerprint density at radius 2 is 1.94 bits per heavy atom. The molecule has 0 bridgehead atoms. The first-order valence-electron chi connectivity index (χ1n) is 10.7. The lowest BCUT2D eigenvalue weighted by Crippen LogP contribution is -2.60. The molecule has 1 N–H and O–H groups in total. The second kappa shape index (κ2) is 7.89. The molecule has 1 atom stereocenters. The molecule has 7 nitrogen and oxygen atoms in total. The molecule has 1 saturated carbocycles. The Kier molecular flexibility index (Phi) is 5.06. The number of rotatable bonds is 5. The lowest BCUT2D eigenvalue weighted by Gasteiger charge is -2.50. The molecule has 1 fully saturated rings. The highest BCUT2D eigenvalue weighted by molar-refractivity contribution is 6.05. The van der Waals surface area contributed by atoms with Gasteiger partial charge in [-0.15, -0.1) is 0 Å². The number of carbonyl (C=O) groups is 2. The van der Waals surface area contributed by atoms with Crippen LogP contribution in [0, 0.1) is 0 Å². The molecule has 2 aromatic rings. The summed E-state index contributed by atoms with van der Waals surface area (Å²) < 4.78 is 16.1. The second-order valence-electron chi connectivity index (χ2n) is 8.34. The highest BCUT2D eigenvalue weighted by Gasteiger charge is 2.55. The number of carbonyl (C=O) groups excluding carboxylic acids is 2. The summed E-state index contributed by atoms with van der Waals surface area (Å²) in [7, 11) is 1.63. The van der Waals surface area contributed by atoms with Crippen molar-refractivity contribution >= 4 is 17.5 Å². The summed E-state index contributed by atoms with van der Waals surface area (Å²) in [6.07, 6.45) is 3.59. The Bertz CT molecular complexity index is 1010. The Morgan fingerprint density at radius 1 is 1.16 bits per heavy atom. The third-order valence-electron chi connectivity index (χ3n) is 6.71. The van der Waals surface area contributed by atoms with Crippen molar-refractivity contribution in [2.75, 3.05) is 32.4 Å². The number of fused-ring (bicyclic) bond motifs is 2. The van der Waals surface area contributed by atoms with Crippen LogP contribution in [0.2, 0.25) is 0 Å². The van der Waals surface area contributed by atoms with Gasteiger partial charge in [0, 0.05) is 31.0 Å². The van der Waals surface area contributed by atoms with Gasteiger partial charge in [-0.1, -0.05) is 31.0 Å². The fraction of sp³-hybridized carbons (Fsp3) is 0.417. The number of ether oxygens (including phenoxy) is 3. The molecule has 0 aromatic heterocycles. The SMILES string of the molecule is COCCN1C(=O)c2ccccc2[C@@H](C(=O)Nc2ccc3c(c2)OCO3)C12CCCC2. The monoisotopic (exact) mass is 422 g/mol. The molecule has 0 radical (unpaired) electrons. The number of hydrogen-bond donors (Lipinski definition) is 1. The zero-order valence-corrected chi connectivity index (χ0v) is 17.6. The molecule has 5 rings (SSSR count). The summed E-state index contributed by atoms with van der Waals surface area (Å²) in [5.74, 6) is 0.718. The van der Waals surface area contributed by atoms with Crippen LogP contribution in [0.1, 0.15) is 47.5 Å². The van der Waals surface area contributed by atoms with E-state index in [1.165, 1.54) is 0 Å². The van der Waals surface area contributed by atoms with E-state index in [1.807, 2.05) is 35.2 Å². The lowest BCUT2D eigenvalue weighted by atomic mass is 9.71. The van der Waals surface area contributed by atoms with Crippen LogP contribution in [0.15, 0.2) is 42.5 Å². The third kappa shape index (κ3) is 3.24. The minimum atomic E-state index is -0.537. The van der Waals surface area contributed by atoms with Gasteiger partial charge < -0.3 is 24.4 Å². The van der Waals surface area contributed by atoms with Gasteiger partial charge in [-0.05, 0) is 36.6 Å². The van der Waals surface area contributed by atoms with E-state index < -0.39 is 11.5 Å². The normalized spacial score (nSPS) is 20.7. The lowest BCUT2D eigenvalue weighted by molar-refractivity contribution is -0.121. The predicted molar refractivity (Wildman–Crippen MR) is 114 cm³/mol. The quantitative estimate of drug-likeness (QED) is 0.797. The molecular weight excluding hydrogens is 396 g/mol. The van der Waals surface area contributed by atoms with E-state index in [0.29, 0.717) is 35.9 Å². The molecule has 31 heavy (non-hydrogen) atoms. The zero-order valence-electron chi connectivity index (χ0n) is 17.6. The first-order chi connectivity index (χ1) is 15.1. The van der Waals surface area contributed by atoms with Gasteiger partial charge in [0.05, 0.1) is 18.1 Å². The summed E-state index contributed by atoms with van der Waals surface area (Å²) in [4.78, 5) is 29.1. The van der Waals surface area contributed by atoms with Crippen molar-refractivity contribution in [3.63, 3.8) is 0 Å². The van der Waals surface area contributed by atoms with E-state index in [0.717, 1.165) is 31.2 Å². The van der Waals surface area contributed by atoms with Crippen molar-refractivity contribution in [3.8, 4) is 11.5 Å². The van der Waals surface area contributed by atoms with E-state index in [4.69, 9.17) is 14.2 Å². The predicted octanol–water partition coefficient (Wildman–Crippen LogP) is 3.55. The van der Waals surface area contributed by atoms with Crippen LogP contribution in [-0.4, -0.2) is 49.3 Å². The maximum Gasteiger partial charge on any atom is 0.254 e. The molecule has 0 saturated heterocycles. The van der Waals surface area contributed by atoms with E-state index in [1.54, 1.807) is 19.2 Å². The molecule has 2 amide bonds. The summed E-state index contributed by atoms with van der Waals surface area (Å²) in [6, 6.07) is 12.9. The van der Waals surface area contributed by atoms with Crippen LogP contribution in [0.25, 0.3) is 0 Å². The van der Waals surface area contributed by atoms with Gasteiger partial charge in [0.25, 0.3) is 5.91 Å². The standard InChI is InChI=1S/C24H26N2O5/c1-29-13-12-26-23(28)18-7-3-2-6-17(18)21(24(26)10-4-5-11-24)22(27)25-16-8-9-19-20(14-16)31-15-30-19/h2-3,6-9,14,21H,4-5,10-13,15H2,1H3,(H,25,27)/t21-/m0/s1. The van der Waals surface area contributed by atoms with Gasteiger partial charge in [-0.3, -0.25) is 9.59 Å². The summed E-state index contributed by atoms with van der Waals surface area (Å²) >= 11 is 0. The third-order valence-corrected chi connectivity index (χ3v) is 6.71. The van der Waals surface area contributed by atoms with Crippen molar-refractivity contribution in [2.24, 2.45) is 0 Å². The molecule has 1 spiro atoms. The number of anilines is 1. The van der Waals surface area contributed by atoms with Crippen LogP contribution in [0.5, 0.6) is 11.5 Å². The average Bonchev–Trinajstić information content (AvgIpc) is 3.44. The first kappa shape index (κ1) is 19.9. The smallest absolute Gasteiger partial charge is 0.254 e. The van der Waals surface area contributed by atoms with Gasteiger partial charge in [0.1, 0.15) is 0 Å². The first-order valence-corrected chi connectivity index (χ1v) is 10.7. The summed E-state index contributed by atoms with van der Waals surface area (Å²) in [5.41, 5.74) is 1.52. The van der Waals surface area contributed by atoms with Crippen LogP contribution in [0.4, 0.5) is 5.69 Å². The average molecular weight is 422 g/mol. The topological polar surface area (TPSA) is 77.1 Å². The molecule has 0 unspecified atom stereocenters. The van der Waals surface area contributed by atoms with Crippen LogP contribution >= 0.6 is 0 Å². The minimum absolute atomic E-state index is 0.0123. The van der Waals surface area contributed by atoms with Gasteiger partial charge in [0.15, 0.2) is 11.5 Å². The molecule has 2 aromatic carbocycles. The van der Waals surface area contributed by atoms with E-state index in [-0.39, 0.29) is 18.6 Å². The fourth-order valence-corrected chi connectivity index (χ4v) is 5.36. The fourth-order valence-electron chi connectivity index (χ4n) is 5.36. The van der Waals surface area contributed by atoms with Crippen LogP contribution in [0.3, 0.4) is 0 Å². The van der Waals surface area contributed by atoms with Crippen molar-refractivity contribution < 1.29 is 23.8 Å². The Hall–Kier alpha value is -3.06. The summed E-state index contributed by atoms with van der Waals surface area (Å²) in [5, 5.41) is 3.08. The molecule has 7 heteroatoms. The molecule has 1 aliphatic carbocycles. The van der Waals surface area contributed by atoms with Gasteiger partial charge in [0.2, 0.25) is 12.7 Å². The molecule has 2 aliphatic heterocycles. The van der Waals surface area contributed by atoms with E-state index in [2.05, 4.69) is 5.32 Å². The Labute approximate surface area is 181 Å². The van der Waals surface area contributed by atoms with Crippen molar-refractivity contribution in [1.29, 1.82) is 0 Å². The minimum Gasteiger partial charge on any atom is -0.454 e. The number of hydrogen-bond acceptors (Lipinski definition) is 5. The number of nitrogens with one attached hydrogen (secondary N) is 1. The van der Waals surface area contributed by atoms with Gasteiger partial charge >= 0.3 is 0 Å². The highest BCUT2D eigenvalue weighted by Crippen LogP contribution is 2.50. The number of nitrogens with zero attached hydrogens (tertiary/aromatic N) is 1. The Morgan fingerprint density at radius 3 is 2.74 bits per heavy atom. The second-order valence-corrected chi connectivity index (χ2v) is 8.34. The highest BCUT2D eigenvalue weighted by atomic mass is 16.7. The molecule has 3 aliphatic rings. The Balaban J connectivity index is 1.54. The number of amides is 2. The van der Waals surface area contributed by atoms with E-state index in [9.17, 15) is 9.59 Å². The molecular formula is C24H26N2O5. The van der Waals surface area contributed by atoms with Gasteiger partial charge in [-0.25, -0.2) is 0 Å². The number of benzene rings is 2. The number of methoxy groups -OCH3 is 1. The van der Waals surface area contributed by atoms with Crippen molar-refractivity contribution in [1.82, 2.24) is 4.90 Å². The van der Waals surface area contributed by atoms with E-state index >= 15 is 0 Å². The summed E-state index contributed by atoms with van der Waals surface area (Å²) in [6.45, 7) is 1.09. The zero-order chi connectivity index (χ0) is 21.4. The van der Waals surface area contributed by atoms with Crippen molar-refractivity contribution in [3.05, 3.63) is 53.6 Å². The maximum atomic E-state index is 13.8.